The first-order chi connectivity index (χ1) is 27.0. The second-order valence-corrected chi connectivity index (χ2v) is 16.8. The second-order valence-electron chi connectivity index (χ2n) is 16.8. The number of hydrogen-bond donors (Lipinski definition) is 3. The average molecular weight is 772 g/mol. The number of nitrogens with two attached hydrogens (primary N) is 2. The van der Waals surface area contributed by atoms with E-state index in [1.165, 1.54) is 12.5 Å². The van der Waals surface area contributed by atoms with Gasteiger partial charge in [0.25, 0.3) is 12.3 Å². The number of benzene rings is 1. The van der Waals surface area contributed by atoms with Gasteiger partial charge in [0.1, 0.15) is 6.10 Å². The molecule has 3 aliphatic carbocycles. The van der Waals surface area contributed by atoms with Crippen molar-refractivity contribution < 1.29 is 23.1 Å². The van der Waals surface area contributed by atoms with Crippen LogP contribution in [0.2, 0.25) is 0 Å². The van der Waals surface area contributed by atoms with Gasteiger partial charge in [0, 0.05) is 73.8 Å². The lowest BCUT2D eigenvalue weighted by Crippen LogP contribution is -2.45. The minimum absolute atomic E-state index is 0.0184. The molecule has 3 saturated carbocycles. The van der Waals surface area contributed by atoms with Crippen LogP contribution >= 0.6 is 0 Å². The molecule has 2 aliphatic heterocycles. The lowest BCUT2D eigenvalue weighted by Gasteiger charge is -2.51. The molecule has 2 amide bonds. The number of halogens is 2. The summed E-state index contributed by atoms with van der Waals surface area (Å²) in [5, 5.41) is 12.8. The van der Waals surface area contributed by atoms with Crippen molar-refractivity contribution >= 4 is 23.3 Å². The minimum atomic E-state index is -2.67. The lowest BCUT2D eigenvalue weighted by molar-refractivity contribution is -0.129. The zero-order valence-electron chi connectivity index (χ0n) is 32.6. The number of carbonyl (C=O) groups is 2. The zero-order chi connectivity index (χ0) is 39.1. The largest absolute Gasteiger partial charge is 0.476 e. The Morgan fingerprint density at radius 2 is 1.77 bits per heavy atom. The predicted octanol–water partition coefficient (Wildman–Crippen LogP) is 6.58. The summed E-state index contributed by atoms with van der Waals surface area (Å²) in [7, 11) is 1.79. The predicted molar refractivity (Wildman–Crippen MR) is 210 cm³/mol. The van der Waals surface area contributed by atoms with Crippen molar-refractivity contribution in [1.82, 2.24) is 29.8 Å². The number of carbonyl (C=O) groups excluding carboxylic acids is 2. The smallest absolute Gasteiger partial charge is 0.267 e. The Morgan fingerprint density at radius 1 is 1.00 bits per heavy atom. The van der Waals surface area contributed by atoms with E-state index in [0.29, 0.717) is 37.3 Å². The Bertz CT molecular complexity index is 2010. The summed E-state index contributed by atoms with van der Waals surface area (Å²) in [6.07, 6.45) is 15.9. The number of aryl methyl sites for hydroxylation is 2. The quantitative estimate of drug-likeness (QED) is 0.126. The first kappa shape index (κ1) is 38.0. The summed E-state index contributed by atoms with van der Waals surface area (Å²) in [6, 6.07) is 5.69. The normalized spacial score (nSPS) is 24.5. The molecule has 8 rings (SSSR count). The summed E-state index contributed by atoms with van der Waals surface area (Å²) in [6.45, 7) is 3.34. The molecule has 5 N–H and O–H groups in total. The fraction of sp³-hybridized carbons (Fsp3) is 0.571. The van der Waals surface area contributed by atoms with Crippen molar-refractivity contribution in [3.63, 3.8) is 0 Å². The van der Waals surface area contributed by atoms with Crippen molar-refractivity contribution in [3.05, 3.63) is 70.5 Å². The van der Waals surface area contributed by atoms with E-state index in [9.17, 15) is 18.4 Å². The highest BCUT2D eigenvalue weighted by Gasteiger charge is 2.48. The summed E-state index contributed by atoms with van der Waals surface area (Å²) < 4.78 is 39.2. The standard InChI is InChI=1S/C42H55F2N9O3/c1-26(54)51-20-15-36-33(25-51)40(52-18-6-7-27-21-31(35-14-19-50(2)48-35)32(39(43)44)22-37(27)52)49-53(36)29-12-16-42(17-13-29)23-30(24-42)56-38(46)11-10-34(45)41(55)47-28-8-4-3-5-9-28/h10-11,14,19,21-22,28-30,39H,3-9,12-13,15-18,20,23-25,45-46H2,1-2H3,(H,47,55)/b34-10-,38-11+. The molecule has 12 nitrogen and oxygen atoms in total. The summed E-state index contributed by atoms with van der Waals surface area (Å²) in [5.74, 6) is 0.789. The molecule has 1 aromatic carbocycles. The van der Waals surface area contributed by atoms with Crippen LogP contribution in [0.4, 0.5) is 20.3 Å². The van der Waals surface area contributed by atoms with E-state index in [4.69, 9.17) is 21.3 Å². The molecular weight excluding hydrogens is 717 g/mol. The molecular formula is C42H55F2N9O3. The van der Waals surface area contributed by atoms with E-state index in [2.05, 4.69) is 20.0 Å². The van der Waals surface area contributed by atoms with Crippen LogP contribution in [0.1, 0.15) is 119 Å². The maximum atomic E-state index is 14.7. The zero-order valence-corrected chi connectivity index (χ0v) is 32.6. The fourth-order valence-corrected chi connectivity index (χ4v) is 9.90. The number of fused-ring (bicyclic) bond motifs is 2. The third-order valence-corrected chi connectivity index (χ3v) is 13.0. The molecule has 2 aromatic heterocycles. The van der Waals surface area contributed by atoms with Crippen LogP contribution in [0.15, 0.2) is 48.1 Å². The van der Waals surface area contributed by atoms with Crippen molar-refractivity contribution in [3.8, 4) is 11.3 Å². The van der Waals surface area contributed by atoms with E-state index in [1.54, 1.807) is 43.1 Å². The first-order valence-corrected chi connectivity index (χ1v) is 20.5. The van der Waals surface area contributed by atoms with Crippen molar-refractivity contribution in [2.24, 2.45) is 23.9 Å². The number of rotatable bonds is 9. The highest BCUT2D eigenvalue weighted by atomic mass is 19.3. The molecule has 4 heterocycles. The topological polar surface area (TPSA) is 150 Å². The number of nitrogens with one attached hydrogen (secondary N) is 1. The van der Waals surface area contributed by atoms with Crippen molar-refractivity contribution in [1.29, 1.82) is 0 Å². The Labute approximate surface area is 327 Å². The van der Waals surface area contributed by atoms with E-state index < -0.39 is 6.43 Å². The number of alkyl halides is 2. The monoisotopic (exact) mass is 771 g/mol. The van der Waals surface area contributed by atoms with Gasteiger partial charge < -0.3 is 31.3 Å². The van der Waals surface area contributed by atoms with Crippen LogP contribution in [-0.2, 0) is 40.8 Å². The van der Waals surface area contributed by atoms with Gasteiger partial charge in [-0.25, -0.2) is 8.78 Å². The first-order valence-electron chi connectivity index (χ1n) is 20.5. The van der Waals surface area contributed by atoms with Crippen LogP contribution in [0.5, 0.6) is 0 Å². The summed E-state index contributed by atoms with van der Waals surface area (Å²) in [4.78, 5) is 29.1. The molecule has 14 heteroatoms. The minimum Gasteiger partial charge on any atom is -0.476 e. The molecule has 0 unspecified atom stereocenters. The van der Waals surface area contributed by atoms with Gasteiger partial charge in [-0.15, -0.1) is 0 Å². The third-order valence-electron chi connectivity index (χ3n) is 13.0. The van der Waals surface area contributed by atoms with Gasteiger partial charge in [0.2, 0.25) is 5.91 Å². The number of nitrogens with zero attached hydrogens (tertiary/aromatic N) is 6. The number of allylic oxidation sites excluding steroid dienone is 2. The highest BCUT2D eigenvalue weighted by Crippen LogP contribution is 2.55. The van der Waals surface area contributed by atoms with Gasteiger partial charge in [-0.3, -0.25) is 19.0 Å². The molecule has 56 heavy (non-hydrogen) atoms. The lowest BCUT2D eigenvalue weighted by atomic mass is 9.58. The molecule has 5 aliphatic rings. The second kappa shape index (κ2) is 15.6. The third kappa shape index (κ3) is 7.63. The molecule has 0 saturated heterocycles. The van der Waals surface area contributed by atoms with Gasteiger partial charge >= 0.3 is 0 Å². The van der Waals surface area contributed by atoms with Gasteiger partial charge in [0.15, 0.2) is 11.7 Å². The Balaban J connectivity index is 0.960. The van der Waals surface area contributed by atoms with Crippen molar-refractivity contribution in [2.45, 2.75) is 128 Å². The summed E-state index contributed by atoms with van der Waals surface area (Å²) >= 11 is 0. The maximum Gasteiger partial charge on any atom is 0.267 e. The highest BCUT2D eigenvalue weighted by molar-refractivity contribution is 5.92. The van der Waals surface area contributed by atoms with Gasteiger partial charge in [-0.05, 0) is 106 Å². The fourth-order valence-electron chi connectivity index (χ4n) is 9.90. The number of anilines is 2. The molecule has 0 radical (unpaired) electrons. The Kier molecular flexibility index (Phi) is 10.6. The SMILES string of the molecule is CC(=O)N1CCc2c(c(N3CCCc4cc(-c5ccn(C)n5)c(C(F)F)cc43)nn2C2CCC3(CC2)CC(O/C(N)=C/C=C(\N)C(=O)NC2CCCCC2)C3)C1. The number of aromatic nitrogens is 4. The van der Waals surface area contributed by atoms with Crippen LogP contribution in [0, 0.1) is 5.41 Å². The molecule has 0 bridgehead atoms. The van der Waals surface area contributed by atoms with Gasteiger partial charge in [-0.2, -0.15) is 10.2 Å². The maximum absolute atomic E-state index is 14.7. The number of ether oxygens (including phenoxy) is 1. The number of amides is 2. The molecule has 300 valence electrons. The molecule has 1 spiro atoms. The van der Waals surface area contributed by atoms with Gasteiger partial charge in [-0.1, -0.05) is 19.3 Å². The molecule has 3 aromatic rings. The van der Waals surface area contributed by atoms with Crippen LogP contribution in [0.25, 0.3) is 11.3 Å². The molecule has 0 atom stereocenters. The van der Waals surface area contributed by atoms with Crippen LogP contribution in [-0.4, -0.2) is 61.5 Å². The molecule has 3 fully saturated rings. The van der Waals surface area contributed by atoms with E-state index in [1.807, 2.05) is 11.0 Å². The Hall–Kier alpha value is -4.88. The Morgan fingerprint density at radius 3 is 2.46 bits per heavy atom. The van der Waals surface area contributed by atoms with Gasteiger partial charge in [0.05, 0.1) is 24.0 Å². The van der Waals surface area contributed by atoms with Crippen LogP contribution < -0.4 is 21.7 Å². The summed E-state index contributed by atoms with van der Waals surface area (Å²) in [5.41, 5.74) is 17.5. The van der Waals surface area contributed by atoms with Crippen LogP contribution in [0.3, 0.4) is 0 Å². The number of hydrogen-bond acceptors (Lipinski definition) is 8. The van der Waals surface area contributed by atoms with Crippen molar-refractivity contribution in [2.75, 3.05) is 18.0 Å². The van der Waals surface area contributed by atoms with E-state index >= 15 is 0 Å². The van der Waals surface area contributed by atoms with E-state index in [0.717, 1.165) is 105 Å². The van der Waals surface area contributed by atoms with E-state index in [-0.39, 0.29) is 52.6 Å². The average Bonchev–Trinajstić information content (AvgIpc) is 3.79.